The third kappa shape index (κ3) is 3.57. The first kappa shape index (κ1) is 17.1. The number of halogens is 2. The van der Waals surface area contributed by atoms with Crippen molar-refractivity contribution in [3.63, 3.8) is 0 Å². The van der Waals surface area contributed by atoms with Gasteiger partial charge in [-0.05, 0) is 35.9 Å². The highest BCUT2D eigenvalue weighted by molar-refractivity contribution is 5.92. The fourth-order valence-electron chi connectivity index (χ4n) is 2.43. The van der Waals surface area contributed by atoms with E-state index in [-0.39, 0.29) is 23.8 Å². The van der Waals surface area contributed by atoms with Crippen molar-refractivity contribution in [3.05, 3.63) is 64.3 Å². The van der Waals surface area contributed by atoms with Crippen LogP contribution in [0.25, 0.3) is 22.2 Å². The molecule has 0 bridgehead atoms. The Morgan fingerprint density at radius 1 is 1.22 bits per heavy atom. The molecule has 4 nitrogen and oxygen atoms in total. The van der Waals surface area contributed by atoms with E-state index in [9.17, 15) is 9.18 Å². The zero-order valence-corrected chi connectivity index (χ0v) is 13.4. The van der Waals surface area contributed by atoms with Crippen molar-refractivity contribution in [2.45, 2.75) is 13.5 Å². The molecular weight excluding hydrogens is 317 g/mol. The van der Waals surface area contributed by atoms with Crippen LogP contribution in [0, 0.1) is 5.82 Å². The molecule has 120 valence electrons. The van der Waals surface area contributed by atoms with Gasteiger partial charge in [-0.15, -0.1) is 12.4 Å². The predicted octanol–water partition coefficient (Wildman–Crippen LogP) is 3.26. The SMILES string of the molecule is CCNCc1ccc(-c2ccnc3[nH]c(=O)ccc23)cc1F.Cl. The first-order valence-corrected chi connectivity index (χ1v) is 7.16. The van der Waals surface area contributed by atoms with Gasteiger partial charge >= 0.3 is 0 Å². The second-order valence-electron chi connectivity index (χ2n) is 5.03. The molecule has 0 aliphatic heterocycles. The van der Waals surface area contributed by atoms with Crippen molar-refractivity contribution >= 4 is 23.4 Å². The van der Waals surface area contributed by atoms with Crippen LogP contribution in [0.15, 0.2) is 47.4 Å². The number of aromatic nitrogens is 2. The molecule has 2 N–H and O–H groups in total. The fourth-order valence-corrected chi connectivity index (χ4v) is 2.43. The lowest BCUT2D eigenvalue weighted by Crippen LogP contribution is -2.12. The number of benzene rings is 1. The summed E-state index contributed by atoms with van der Waals surface area (Å²) in [7, 11) is 0. The summed E-state index contributed by atoms with van der Waals surface area (Å²) < 4.78 is 14.2. The summed E-state index contributed by atoms with van der Waals surface area (Å²) in [5, 5.41) is 3.90. The molecule has 0 atom stereocenters. The smallest absolute Gasteiger partial charge is 0.249 e. The Bertz CT molecular complexity index is 879. The average molecular weight is 334 g/mol. The van der Waals surface area contributed by atoms with Crippen LogP contribution in [0.2, 0.25) is 0 Å². The molecule has 0 aliphatic carbocycles. The summed E-state index contributed by atoms with van der Waals surface area (Å²) in [6, 6.07) is 10.2. The van der Waals surface area contributed by atoms with Crippen molar-refractivity contribution in [1.29, 1.82) is 0 Å². The van der Waals surface area contributed by atoms with Crippen LogP contribution in [0.4, 0.5) is 4.39 Å². The lowest BCUT2D eigenvalue weighted by atomic mass is 10.0. The molecule has 0 unspecified atom stereocenters. The second-order valence-corrected chi connectivity index (χ2v) is 5.03. The minimum atomic E-state index is -0.243. The van der Waals surface area contributed by atoms with Crippen LogP contribution in [0.1, 0.15) is 12.5 Å². The van der Waals surface area contributed by atoms with Gasteiger partial charge in [0.15, 0.2) is 0 Å². The number of rotatable bonds is 4. The summed E-state index contributed by atoms with van der Waals surface area (Å²) in [5.74, 6) is -0.243. The Morgan fingerprint density at radius 2 is 2.04 bits per heavy atom. The van der Waals surface area contributed by atoms with E-state index in [2.05, 4.69) is 15.3 Å². The number of hydrogen-bond donors (Lipinski definition) is 2. The van der Waals surface area contributed by atoms with Crippen molar-refractivity contribution in [2.75, 3.05) is 6.54 Å². The normalized spacial score (nSPS) is 10.5. The molecule has 0 spiro atoms. The molecule has 6 heteroatoms. The number of fused-ring (bicyclic) bond motifs is 1. The van der Waals surface area contributed by atoms with E-state index in [0.29, 0.717) is 17.8 Å². The Labute approximate surface area is 139 Å². The lowest BCUT2D eigenvalue weighted by Gasteiger charge is -2.09. The Hall–Kier alpha value is -2.24. The maximum absolute atomic E-state index is 14.2. The molecule has 1 aromatic carbocycles. The summed E-state index contributed by atoms with van der Waals surface area (Å²) in [4.78, 5) is 18.2. The van der Waals surface area contributed by atoms with E-state index in [0.717, 1.165) is 23.1 Å². The second kappa shape index (κ2) is 7.35. The van der Waals surface area contributed by atoms with Gasteiger partial charge in [0.05, 0.1) is 0 Å². The first-order chi connectivity index (χ1) is 10.7. The predicted molar refractivity (Wildman–Crippen MR) is 92.4 cm³/mol. The van der Waals surface area contributed by atoms with Crippen molar-refractivity contribution in [1.82, 2.24) is 15.3 Å². The third-order valence-electron chi connectivity index (χ3n) is 3.56. The number of nitrogens with one attached hydrogen (secondary N) is 2. The van der Waals surface area contributed by atoms with Crippen LogP contribution in [0.5, 0.6) is 0 Å². The van der Waals surface area contributed by atoms with Crippen LogP contribution >= 0.6 is 12.4 Å². The van der Waals surface area contributed by atoms with Gasteiger partial charge in [0, 0.05) is 29.8 Å². The van der Waals surface area contributed by atoms with E-state index in [1.54, 1.807) is 18.3 Å². The lowest BCUT2D eigenvalue weighted by molar-refractivity contribution is 0.594. The highest BCUT2D eigenvalue weighted by Crippen LogP contribution is 2.27. The van der Waals surface area contributed by atoms with Gasteiger partial charge in [-0.25, -0.2) is 9.37 Å². The van der Waals surface area contributed by atoms with Gasteiger partial charge in [0.25, 0.3) is 0 Å². The molecule has 23 heavy (non-hydrogen) atoms. The van der Waals surface area contributed by atoms with Crippen LogP contribution < -0.4 is 10.9 Å². The molecular formula is C17H17ClFN3O. The molecule has 0 radical (unpaired) electrons. The van der Waals surface area contributed by atoms with Crippen molar-refractivity contribution in [3.8, 4) is 11.1 Å². The number of nitrogens with zero attached hydrogens (tertiary/aromatic N) is 1. The zero-order valence-electron chi connectivity index (χ0n) is 12.6. The topological polar surface area (TPSA) is 57.8 Å². The summed E-state index contributed by atoms with van der Waals surface area (Å²) in [6.45, 7) is 3.28. The molecule has 2 aromatic heterocycles. The standard InChI is InChI=1S/C17H16FN3O.ClH/c1-2-19-10-12-4-3-11(9-15(12)18)13-7-8-20-17-14(13)5-6-16(22)21-17;/h3-9,19H,2,10H2,1H3,(H,20,21,22);1H. The fraction of sp³-hybridized carbons (Fsp3) is 0.176. The van der Waals surface area contributed by atoms with E-state index < -0.39 is 0 Å². The van der Waals surface area contributed by atoms with E-state index in [4.69, 9.17) is 0 Å². The molecule has 0 fully saturated rings. The van der Waals surface area contributed by atoms with Gasteiger partial charge in [-0.2, -0.15) is 0 Å². The molecule has 0 saturated carbocycles. The van der Waals surface area contributed by atoms with Crippen LogP contribution in [-0.4, -0.2) is 16.5 Å². The highest BCUT2D eigenvalue weighted by Gasteiger charge is 2.08. The maximum Gasteiger partial charge on any atom is 0.249 e. The number of aromatic amines is 1. The van der Waals surface area contributed by atoms with Crippen LogP contribution in [0.3, 0.4) is 0 Å². The van der Waals surface area contributed by atoms with Crippen LogP contribution in [-0.2, 0) is 6.54 Å². The molecule has 0 aliphatic rings. The molecule has 0 saturated heterocycles. The maximum atomic E-state index is 14.2. The van der Waals surface area contributed by atoms with Gasteiger partial charge in [-0.1, -0.05) is 19.1 Å². The molecule has 3 rings (SSSR count). The van der Waals surface area contributed by atoms with Crippen molar-refractivity contribution < 1.29 is 4.39 Å². The summed E-state index contributed by atoms with van der Waals surface area (Å²) in [5.41, 5.74) is 2.54. The van der Waals surface area contributed by atoms with Gasteiger partial charge < -0.3 is 10.3 Å². The first-order valence-electron chi connectivity index (χ1n) is 7.16. The summed E-state index contributed by atoms with van der Waals surface area (Å²) in [6.07, 6.45) is 1.61. The van der Waals surface area contributed by atoms with Gasteiger partial charge in [0.2, 0.25) is 5.56 Å². The number of pyridine rings is 2. The summed E-state index contributed by atoms with van der Waals surface area (Å²) >= 11 is 0. The Morgan fingerprint density at radius 3 is 2.78 bits per heavy atom. The average Bonchev–Trinajstić information content (AvgIpc) is 2.53. The molecule has 0 amide bonds. The van der Waals surface area contributed by atoms with E-state index >= 15 is 0 Å². The van der Waals surface area contributed by atoms with E-state index in [1.165, 1.54) is 12.1 Å². The monoisotopic (exact) mass is 333 g/mol. The zero-order chi connectivity index (χ0) is 15.5. The van der Waals surface area contributed by atoms with E-state index in [1.807, 2.05) is 19.1 Å². The number of hydrogen-bond acceptors (Lipinski definition) is 3. The van der Waals surface area contributed by atoms with Gasteiger partial charge in [0.1, 0.15) is 11.5 Å². The minimum absolute atomic E-state index is 0. The van der Waals surface area contributed by atoms with Gasteiger partial charge in [-0.3, -0.25) is 4.79 Å². The minimum Gasteiger partial charge on any atom is -0.313 e. The Balaban J connectivity index is 0.00000192. The van der Waals surface area contributed by atoms with Crippen molar-refractivity contribution in [2.24, 2.45) is 0 Å². The quantitative estimate of drug-likeness (QED) is 0.770. The highest BCUT2D eigenvalue weighted by atomic mass is 35.5. The number of H-pyrrole nitrogens is 1. The molecule has 2 heterocycles. The largest absolute Gasteiger partial charge is 0.313 e. The third-order valence-corrected chi connectivity index (χ3v) is 3.56. The Kier molecular flexibility index (Phi) is 5.47. The molecule has 3 aromatic rings.